The zero-order valence-electron chi connectivity index (χ0n) is 12.1. The van der Waals surface area contributed by atoms with Gasteiger partial charge in [0.1, 0.15) is 5.82 Å². The lowest BCUT2D eigenvalue weighted by Crippen LogP contribution is -2.24. The Morgan fingerprint density at radius 3 is 2.67 bits per heavy atom. The molecule has 21 heavy (non-hydrogen) atoms. The molecule has 0 aromatic heterocycles. The summed E-state index contributed by atoms with van der Waals surface area (Å²) in [6.45, 7) is 4.86. The number of benzene rings is 2. The predicted molar refractivity (Wildman–Crippen MR) is 90.4 cm³/mol. The molecule has 1 unspecified atom stereocenters. The fourth-order valence-corrected chi connectivity index (χ4v) is 3.21. The molecule has 0 heterocycles. The van der Waals surface area contributed by atoms with Crippen LogP contribution in [0.3, 0.4) is 0 Å². The molecule has 0 saturated carbocycles. The van der Waals surface area contributed by atoms with Gasteiger partial charge in [-0.3, -0.25) is 0 Å². The molecule has 0 aliphatic heterocycles. The lowest BCUT2D eigenvalue weighted by molar-refractivity contribution is 0.546. The molecule has 0 fully saturated rings. The second-order valence-corrected chi connectivity index (χ2v) is 6.47. The van der Waals surface area contributed by atoms with Crippen molar-refractivity contribution in [3.05, 3.63) is 68.4 Å². The van der Waals surface area contributed by atoms with E-state index < -0.39 is 0 Å². The van der Waals surface area contributed by atoms with E-state index >= 15 is 0 Å². The average Bonchev–Trinajstić information content (AvgIpc) is 2.42. The standard InChI is InChI=1S/C17H18BrClFN/c1-3-6-21-17(12-8-13(18)10-14(19)9-12)15-7-11(2)4-5-16(15)20/h4-5,7-10,17,21H,3,6H2,1-2H3. The van der Waals surface area contributed by atoms with Gasteiger partial charge in [0, 0.05) is 15.1 Å². The first kappa shape index (κ1) is 16.5. The van der Waals surface area contributed by atoms with Crippen LogP contribution in [0.1, 0.15) is 36.1 Å². The van der Waals surface area contributed by atoms with Gasteiger partial charge in [-0.15, -0.1) is 0 Å². The van der Waals surface area contributed by atoms with Crippen molar-refractivity contribution in [1.29, 1.82) is 0 Å². The maximum Gasteiger partial charge on any atom is 0.128 e. The molecule has 1 nitrogen and oxygen atoms in total. The van der Waals surface area contributed by atoms with Crippen LogP contribution in [0.4, 0.5) is 4.39 Å². The topological polar surface area (TPSA) is 12.0 Å². The van der Waals surface area contributed by atoms with Crippen LogP contribution in [-0.2, 0) is 0 Å². The minimum absolute atomic E-state index is 0.203. The van der Waals surface area contributed by atoms with E-state index in [1.165, 1.54) is 6.07 Å². The quantitative estimate of drug-likeness (QED) is 0.718. The fraction of sp³-hybridized carbons (Fsp3) is 0.294. The molecule has 1 N–H and O–H groups in total. The van der Waals surface area contributed by atoms with Crippen molar-refractivity contribution >= 4 is 27.5 Å². The van der Waals surface area contributed by atoms with Gasteiger partial charge < -0.3 is 5.32 Å². The van der Waals surface area contributed by atoms with Crippen LogP contribution in [-0.4, -0.2) is 6.54 Å². The van der Waals surface area contributed by atoms with E-state index in [0.29, 0.717) is 10.6 Å². The van der Waals surface area contributed by atoms with Crippen molar-refractivity contribution in [2.45, 2.75) is 26.3 Å². The minimum Gasteiger partial charge on any atom is -0.306 e. The highest BCUT2D eigenvalue weighted by atomic mass is 79.9. The second kappa shape index (κ2) is 7.39. The van der Waals surface area contributed by atoms with Gasteiger partial charge in [0.2, 0.25) is 0 Å². The number of nitrogens with one attached hydrogen (secondary N) is 1. The van der Waals surface area contributed by atoms with Crippen molar-refractivity contribution in [2.75, 3.05) is 6.54 Å². The molecular formula is C17H18BrClFN. The maximum atomic E-state index is 14.2. The van der Waals surface area contributed by atoms with Gasteiger partial charge in [-0.2, -0.15) is 0 Å². The third-order valence-corrected chi connectivity index (χ3v) is 3.96. The summed E-state index contributed by atoms with van der Waals surface area (Å²) in [6.07, 6.45) is 0.978. The molecular weight excluding hydrogens is 353 g/mol. The number of hydrogen-bond donors (Lipinski definition) is 1. The molecule has 112 valence electrons. The zero-order valence-corrected chi connectivity index (χ0v) is 14.4. The first-order chi connectivity index (χ1) is 10.0. The van der Waals surface area contributed by atoms with Crippen molar-refractivity contribution in [2.24, 2.45) is 0 Å². The van der Waals surface area contributed by atoms with Crippen molar-refractivity contribution in [1.82, 2.24) is 5.32 Å². The zero-order chi connectivity index (χ0) is 15.4. The second-order valence-electron chi connectivity index (χ2n) is 5.11. The number of aryl methyl sites for hydroxylation is 1. The van der Waals surface area contributed by atoms with E-state index in [1.54, 1.807) is 6.07 Å². The van der Waals surface area contributed by atoms with E-state index in [-0.39, 0.29) is 11.9 Å². The molecule has 4 heteroatoms. The Hall–Kier alpha value is -0.900. The Morgan fingerprint density at radius 1 is 1.24 bits per heavy atom. The number of halogens is 3. The third kappa shape index (κ3) is 4.29. The number of hydrogen-bond acceptors (Lipinski definition) is 1. The molecule has 0 amide bonds. The van der Waals surface area contributed by atoms with Crippen LogP contribution in [0.25, 0.3) is 0 Å². The van der Waals surface area contributed by atoms with Gasteiger partial charge in [-0.25, -0.2) is 4.39 Å². The lowest BCUT2D eigenvalue weighted by Gasteiger charge is -2.21. The van der Waals surface area contributed by atoms with E-state index in [9.17, 15) is 4.39 Å². The van der Waals surface area contributed by atoms with Gasteiger partial charge in [-0.1, -0.05) is 52.2 Å². The Morgan fingerprint density at radius 2 is 2.00 bits per heavy atom. The van der Waals surface area contributed by atoms with Gasteiger partial charge in [-0.05, 0) is 49.7 Å². The van der Waals surface area contributed by atoms with Gasteiger partial charge >= 0.3 is 0 Å². The molecule has 0 saturated heterocycles. The molecule has 1 atom stereocenters. The first-order valence-corrected chi connectivity index (χ1v) is 8.13. The third-order valence-electron chi connectivity index (χ3n) is 3.28. The fourth-order valence-electron chi connectivity index (χ4n) is 2.32. The summed E-state index contributed by atoms with van der Waals surface area (Å²) in [4.78, 5) is 0. The molecule has 2 rings (SSSR count). The number of rotatable bonds is 5. The van der Waals surface area contributed by atoms with Crippen LogP contribution in [0, 0.1) is 12.7 Å². The molecule has 0 bridgehead atoms. The van der Waals surface area contributed by atoms with Crippen molar-refractivity contribution in [3.63, 3.8) is 0 Å². The Bertz CT molecular complexity index is 610. The monoisotopic (exact) mass is 369 g/mol. The summed E-state index contributed by atoms with van der Waals surface area (Å²) in [6, 6.07) is 10.7. The van der Waals surface area contributed by atoms with Crippen molar-refractivity contribution in [3.8, 4) is 0 Å². The van der Waals surface area contributed by atoms with Crippen LogP contribution in [0.15, 0.2) is 40.9 Å². The van der Waals surface area contributed by atoms with E-state index in [1.807, 2.05) is 31.2 Å². The van der Waals surface area contributed by atoms with Gasteiger partial charge in [0.25, 0.3) is 0 Å². The minimum atomic E-state index is -0.208. The molecule has 0 aliphatic rings. The molecule has 0 spiro atoms. The summed E-state index contributed by atoms with van der Waals surface area (Å²) in [5.74, 6) is -0.203. The summed E-state index contributed by atoms with van der Waals surface area (Å²) in [5.41, 5.74) is 2.64. The van der Waals surface area contributed by atoms with Crippen LogP contribution in [0.5, 0.6) is 0 Å². The highest BCUT2D eigenvalue weighted by Crippen LogP contribution is 2.30. The summed E-state index contributed by atoms with van der Waals surface area (Å²) in [7, 11) is 0. The van der Waals surface area contributed by atoms with Crippen LogP contribution >= 0.6 is 27.5 Å². The first-order valence-electron chi connectivity index (χ1n) is 6.96. The maximum absolute atomic E-state index is 14.2. The Balaban J connectivity index is 2.49. The van der Waals surface area contributed by atoms with E-state index in [0.717, 1.165) is 28.6 Å². The summed E-state index contributed by atoms with van der Waals surface area (Å²) in [5, 5.41) is 4.04. The summed E-state index contributed by atoms with van der Waals surface area (Å²) >= 11 is 9.58. The largest absolute Gasteiger partial charge is 0.306 e. The van der Waals surface area contributed by atoms with E-state index in [4.69, 9.17) is 11.6 Å². The normalized spacial score (nSPS) is 12.4. The van der Waals surface area contributed by atoms with Gasteiger partial charge in [0.15, 0.2) is 0 Å². The molecule has 2 aromatic rings. The Labute approximate surface area is 138 Å². The van der Waals surface area contributed by atoms with Gasteiger partial charge in [0.05, 0.1) is 6.04 Å². The average molecular weight is 371 g/mol. The highest BCUT2D eigenvalue weighted by molar-refractivity contribution is 9.10. The molecule has 0 aliphatic carbocycles. The predicted octanol–water partition coefficient (Wildman–Crippen LogP) is 5.64. The van der Waals surface area contributed by atoms with E-state index in [2.05, 4.69) is 28.2 Å². The highest BCUT2D eigenvalue weighted by Gasteiger charge is 2.18. The lowest BCUT2D eigenvalue weighted by atomic mass is 9.96. The van der Waals surface area contributed by atoms with Crippen LogP contribution in [0.2, 0.25) is 5.02 Å². The summed E-state index contributed by atoms with van der Waals surface area (Å²) < 4.78 is 15.1. The smallest absolute Gasteiger partial charge is 0.128 e. The Kier molecular flexibility index (Phi) is 5.80. The van der Waals surface area contributed by atoms with Crippen LogP contribution < -0.4 is 5.32 Å². The molecule has 0 radical (unpaired) electrons. The van der Waals surface area contributed by atoms with Crippen molar-refractivity contribution < 1.29 is 4.39 Å². The molecule has 2 aromatic carbocycles. The SMILES string of the molecule is CCCNC(c1cc(Cl)cc(Br)c1)c1cc(C)ccc1F.